The number of anilines is 1. The fourth-order valence-electron chi connectivity index (χ4n) is 2.99. The van der Waals surface area contributed by atoms with Crippen molar-refractivity contribution in [3.05, 3.63) is 64.7 Å². The lowest BCUT2D eigenvalue weighted by Crippen LogP contribution is -2.39. The molecule has 1 aliphatic heterocycles. The van der Waals surface area contributed by atoms with Gasteiger partial charge in [0.1, 0.15) is 0 Å². The monoisotopic (exact) mass is 374 g/mol. The Morgan fingerprint density at radius 3 is 2.76 bits per heavy atom. The van der Waals surface area contributed by atoms with Crippen molar-refractivity contribution in [2.75, 3.05) is 18.5 Å². The first-order chi connectivity index (χ1) is 12.1. The predicted molar refractivity (Wildman–Crippen MR) is 108 cm³/mol. The van der Waals surface area contributed by atoms with E-state index in [1.807, 2.05) is 36.4 Å². The molecular formula is C20H23ClN2OS. The zero-order valence-corrected chi connectivity index (χ0v) is 15.9. The fourth-order valence-corrected chi connectivity index (χ4v) is 3.37. The first kappa shape index (κ1) is 18.2. The van der Waals surface area contributed by atoms with Crippen LogP contribution >= 0.6 is 23.8 Å². The molecule has 0 saturated carbocycles. The molecule has 1 heterocycles. The highest BCUT2D eigenvalue weighted by Gasteiger charge is 2.21. The number of rotatable bonds is 5. The average molecular weight is 375 g/mol. The molecule has 3 rings (SSSR count). The number of ether oxygens (including phenoxy) is 1. The Morgan fingerprint density at radius 1 is 1.28 bits per heavy atom. The maximum Gasteiger partial charge on any atom is 0.173 e. The zero-order valence-electron chi connectivity index (χ0n) is 14.4. The van der Waals surface area contributed by atoms with E-state index in [-0.39, 0.29) is 6.10 Å². The van der Waals surface area contributed by atoms with Crippen LogP contribution in [0.2, 0.25) is 5.02 Å². The van der Waals surface area contributed by atoms with Crippen LogP contribution in [0.5, 0.6) is 0 Å². The molecule has 0 radical (unpaired) electrons. The second kappa shape index (κ2) is 8.65. The second-order valence-corrected chi connectivity index (χ2v) is 7.26. The van der Waals surface area contributed by atoms with Crippen molar-refractivity contribution in [1.82, 2.24) is 4.90 Å². The normalized spacial score (nSPS) is 16.6. The molecule has 1 N–H and O–H groups in total. The third-order valence-corrected chi connectivity index (χ3v) is 4.90. The Balaban J connectivity index is 1.71. The highest BCUT2D eigenvalue weighted by atomic mass is 35.5. The minimum Gasteiger partial charge on any atom is -0.376 e. The first-order valence-electron chi connectivity index (χ1n) is 8.59. The smallest absolute Gasteiger partial charge is 0.173 e. The van der Waals surface area contributed by atoms with Gasteiger partial charge in [-0.25, -0.2) is 0 Å². The van der Waals surface area contributed by atoms with Crippen LogP contribution in [0.25, 0.3) is 0 Å². The van der Waals surface area contributed by atoms with Crippen LogP contribution in [0.15, 0.2) is 48.5 Å². The molecule has 132 valence electrons. The molecule has 0 aromatic heterocycles. The molecule has 1 aliphatic rings. The Labute approximate surface area is 159 Å². The second-order valence-electron chi connectivity index (χ2n) is 6.44. The number of hydrogen-bond donors (Lipinski definition) is 1. The van der Waals surface area contributed by atoms with Crippen LogP contribution in [0.1, 0.15) is 24.0 Å². The van der Waals surface area contributed by atoms with E-state index in [1.165, 1.54) is 11.1 Å². The molecule has 2 aromatic rings. The van der Waals surface area contributed by atoms with Gasteiger partial charge in [-0.05, 0) is 67.4 Å². The molecule has 0 aliphatic carbocycles. The maximum absolute atomic E-state index is 6.00. The molecule has 1 atom stereocenters. The van der Waals surface area contributed by atoms with Crippen LogP contribution in [0.4, 0.5) is 5.69 Å². The summed E-state index contributed by atoms with van der Waals surface area (Å²) >= 11 is 11.7. The Bertz CT molecular complexity index is 714. The zero-order chi connectivity index (χ0) is 17.6. The van der Waals surface area contributed by atoms with Gasteiger partial charge in [-0.2, -0.15) is 0 Å². The number of nitrogens with zero attached hydrogens (tertiary/aromatic N) is 1. The van der Waals surface area contributed by atoms with E-state index >= 15 is 0 Å². The minimum absolute atomic E-state index is 0.240. The summed E-state index contributed by atoms with van der Waals surface area (Å²) in [6.07, 6.45) is 2.45. The highest BCUT2D eigenvalue weighted by molar-refractivity contribution is 7.80. The molecule has 25 heavy (non-hydrogen) atoms. The summed E-state index contributed by atoms with van der Waals surface area (Å²) in [6, 6.07) is 16.2. The van der Waals surface area contributed by atoms with Crippen LogP contribution in [-0.4, -0.2) is 29.3 Å². The Hall–Kier alpha value is -1.62. The molecular weight excluding hydrogens is 352 g/mol. The molecule has 3 nitrogen and oxygen atoms in total. The molecule has 5 heteroatoms. The lowest BCUT2D eigenvalue weighted by molar-refractivity contribution is 0.0905. The van der Waals surface area contributed by atoms with Gasteiger partial charge in [-0.15, -0.1) is 0 Å². The van der Waals surface area contributed by atoms with E-state index in [2.05, 4.69) is 29.3 Å². The molecule has 1 saturated heterocycles. The molecule has 0 bridgehead atoms. The van der Waals surface area contributed by atoms with Gasteiger partial charge >= 0.3 is 0 Å². The fraction of sp³-hybridized carbons (Fsp3) is 0.350. The summed E-state index contributed by atoms with van der Waals surface area (Å²) in [5, 5.41) is 4.83. The molecule has 2 aromatic carbocycles. The van der Waals surface area contributed by atoms with Crippen LogP contribution < -0.4 is 5.32 Å². The molecule has 0 amide bonds. The van der Waals surface area contributed by atoms with Crippen molar-refractivity contribution < 1.29 is 4.74 Å². The summed E-state index contributed by atoms with van der Waals surface area (Å²) in [5.41, 5.74) is 3.39. The number of nitrogens with one attached hydrogen (secondary N) is 1. The molecule has 0 unspecified atom stereocenters. The van der Waals surface area contributed by atoms with Gasteiger partial charge < -0.3 is 15.0 Å². The summed E-state index contributed by atoms with van der Waals surface area (Å²) in [4.78, 5) is 2.18. The summed E-state index contributed by atoms with van der Waals surface area (Å²) in [6.45, 7) is 4.44. The lowest BCUT2D eigenvalue weighted by Gasteiger charge is -2.28. The SMILES string of the molecule is Cc1cccc(NC(=S)N(Cc2ccc(Cl)cc2)C[C@H]2CCCO2)c1. The van der Waals surface area contributed by atoms with E-state index in [4.69, 9.17) is 28.6 Å². The Morgan fingerprint density at radius 2 is 2.08 bits per heavy atom. The Kier molecular flexibility index (Phi) is 6.29. The van der Waals surface area contributed by atoms with Gasteiger partial charge in [0.05, 0.1) is 6.10 Å². The van der Waals surface area contributed by atoms with E-state index < -0.39 is 0 Å². The third-order valence-electron chi connectivity index (χ3n) is 4.29. The van der Waals surface area contributed by atoms with E-state index in [9.17, 15) is 0 Å². The van der Waals surface area contributed by atoms with Crippen molar-refractivity contribution in [2.45, 2.75) is 32.4 Å². The summed E-state index contributed by atoms with van der Waals surface area (Å²) in [5.74, 6) is 0. The lowest BCUT2D eigenvalue weighted by atomic mass is 10.2. The van der Waals surface area contributed by atoms with Crippen molar-refractivity contribution in [3.8, 4) is 0 Å². The number of aryl methyl sites for hydroxylation is 1. The van der Waals surface area contributed by atoms with Gasteiger partial charge in [0, 0.05) is 30.4 Å². The third kappa shape index (κ3) is 5.43. The average Bonchev–Trinajstić information content (AvgIpc) is 3.09. The van der Waals surface area contributed by atoms with Gasteiger partial charge in [0.15, 0.2) is 5.11 Å². The number of hydrogen-bond acceptors (Lipinski definition) is 2. The van der Waals surface area contributed by atoms with Crippen molar-refractivity contribution in [2.24, 2.45) is 0 Å². The summed E-state index contributed by atoms with van der Waals surface area (Å²) in [7, 11) is 0. The van der Waals surface area contributed by atoms with Gasteiger partial charge in [0.25, 0.3) is 0 Å². The van der Waals surface area contributed by atoms with E-state index in [0.717, 1.165) is 48.4 Å². The number of benzene rings is 2. The quantitative estimate of drug-likeness (QED) is 0.742. The van der Waals surface area contributed by atoms with Crippen LogP contribution in [0, 0.1) is 6.92 Å². The highest BCUT2D eigenvalue weighted by Crippen LogP contribution is 2.18. The standard InChI is InChI=1S/C20H23ClN2OS/c1-15-4-2-5-18(12-15)22-20(25)23(14-19-6-3-11-24-19)13-16-7-9-17(21)10-8-16/h2,4-5,7-10,12,19H,3,6,11,13-14H2,1H3,(H,22,25)/t19-/m1/s1. The topological polar surface area (TPSA) is 24.5 Å². The first-order valence-corrected chi connectivity index (χ1v) is 9.37. The van der Waals surface area contributed by atoms with Crippen molar-refractivity contribution in [3.63, 3.8) is 0 Å². The maximum atomic E-state index is 6.00. The van der Waals surface area contributed by atoms with E-state index in [1.54, 1.807) is 0 Å². The van der Waals surface area contributed by atoms with Gasteiger partial charge in [-0.3, -0.25) is 0 Å². The minimum atomic E-state index is 0.240. The largest absolute Gasteiger partial charge is 0.376 e. The van der Waals surface area contributed by atoms with Crippen LogP contribution in [-0.2, 0) is 11.3 Å². The predicted octanol–water partition coefficient (Wildman–Crippen LogP) is 5.03. The van der Waals surface area contributed by atoms with Crippen LogP contribution in [0.3, 0.4) is 0 Å². The van der Waals surface area contributed by atoms with Gasteiger partial charge in [-0.1, -0.05) is 35.9 Å². The van der Waals surface area contributed by atoms with Crippen molar-refractivity contribution >= 4 is 34.6 Å². The summed E-state index contributed by atoms with van der Waals surface area (Å²) < 4.78 is 5.81. The van der Waals surface area contributed by atoms with Gasteiger partial charge in [0.2, 0.25) is 0 Å². The number of thiocarbonyl (C=S) groups is 1. The number of halogens is 1. The molecule has 0 spiro atoms. The molecule has 1 fully saturated rings. The van der Waals surface area contributed by atoms with E-state index in [0.29, 0.717) is 0 Å². The van der Waals surface area contributed by atoms with Crippen molar-refractivity contribution in [1.29, 1.82) is 0 Å².